The molecule has 0 aliphatic heterocycles. The first-order chi connectivity index (χ1) is 11.5. The molecule has 0 unspecified atom stereocenters. The summed E-state index contributed by atoms with van der Waals surface area (Å²) in [5.41, 5.74) is 7.66. The topological polar surface area (TPSA) is 82.6 Å². The molecule has 0 spiro atoms. The van der Waals surface area contributed by atoms with Crippen molar-refractivity contribution >= 4 is 5.84 Å². The summed E-state index contributed by atoms with van der Waals surface area (Å²) < 4.78 is 5.75. The smallest absolute Gasteiger partial charge is 0.189 e. The van der Waals surface area contributed by atoms with Crippen molar-refractivity contribution in [2.24, 2.45) is 10.9 Å². The van der Waals surface area contributed by atoms with E-state index in [9.17, 15) is 0 Å². The number of oxime groups is 1. The van der Waals surface area contributed by atoms with Crippen molar-refractivity contribution in [1.82, 2.24) is 9.97 Å². The van der Waals surface area contributed by atoms with E-state index in [1.165, 1.54) is 11.9 Å². The molecule has 1 heterocycles. The van der Waals surface area contributed by atoms with E-state index in [1.807, 2.05) is 12.1 Å². The van der Waals surface area contributed by atoms with E-state index in [4.69, 9.17) is 15.3 Å². The third-order valence-corrected chi connectivity index (χ3v) is 3.36. The highest BCUT2D eigenvalue weighted by Crippen LogP contribution is 2.25. The number of amidine groups is 1. The van der Waals surface area contributed by atoms with Crippen LogP contribution in [-0.4, -0.2) is 29.0 Å². The average Bonchev–Trinajstić information content (AvgIpc) is 2.58. The molecule has 0 radical (unpaired) electrons. The molecular weight excluding hydrogens is 304 g/mol. The fourth-order valence-corrected chi connectivity index (χ4v) is 1.97. The maximum Gasteiger partial charge on any atom is 0.189 e. The zero-order valence-corrected chi connectivity index (χ0v) is 14.4. The predicted molar refractivity (Wildman–Crippen MR) is 94.0 cm³/mol. The van der Waals surface area contributed by atoms with Crippen LogP contribution in [0.5, 0.6) is 5.75 Å². The monoisotopic (exact) mass is 328 g/mol. The van der Waals surface area contributed by atoms with Crippen LogP contribution in [0.15, 0.2) is 48.0 Å². The summed E-state index contributed by atoms with van der Waals surface area (Å²) in [5.74, 6) is 1.10. The molecule has 2 aromatic rings. The van der Waals surface area contributed by atoms with Gasteiger partial charge >= 0.3 is 0 Å². The molecule has 0 aliphatic carbocycles. The highest BCUT2D eigenvalue weighted by molar-refractivity contribution is 5.95. The van der Waals surface area contributed by atoms with Crippen molar-refractivity contribution in [3.05, 3.63) is 54.1 Å². The quantitative estimate of drug-likeness (QED) is 0.366. The third kappa shape index (κ3) is 5.53. The van der Waals surface area contributed by atoms with E-state index in [2.05, 4.69) is 48.0 Å². The molecular formula is C18H24N4O2. The van der Waals surface area contributed by atoms with Crippen molar-refractivity contribution in [2.75, 3.05) is 13.2 Å². The number of hydrogen-bond acceptors (Lipinski definition) is 5. The van der Waals surface area contributed by atoms with Crippen molar-refractivity contribution < 1.29 is 9.57 Å². The molecule has 1 aromatic carbocycles. The summed E-state index contributed by atoms with van der Waals surface area (Å²) in [5, 5.41) is 3.83. The van der Waals surface area contributed by atoms with Crippen LogP contribution < -0.4 is 10.5 Å². The van der Waals surface area contributed by atoms with Gasteiger partial charge in [0, 0.05) is 12.6 Å². The zero-order chi connectivity index (χ0) is 17.4. The number of nitrogens with two attached hydrogens (primary N) is 1. The predicted octanol–water partition coefficient (Wildman–Crippen LogP) is 2.88. The number of aromatic nitrogens is 2. The molecule has 0 amide bonds. The molecule has 0 saturated heterocycles. The fourth-order valence-electron chi connectivity index (χ4n) is 1.97. The first-order valence-electron chi connectivity index (χ1n) is 7.92. The van der Waals surface area contributed by atoms with Gasteiger partial charge in [-0.3, -0.25) is 0 Å². The number of hydrogen-bond donors (Lipinski definition) is 1. The molecule has 6 nitrogen and oxygen atoms in total. The molecule has 2 rings (SSSR count). The van der Waals surface area contributed by atoms with E-state index >= 15 is 0 Å². The van der Waals surface area contributed by atoms with Gasteiger partial charge in [0.1, 0.15) is 24.4 Å². The Balaban J connectivity index is 1.72. The van der Waals surface area contributed by atoms with Crippen molar-refractivity contribution in [3.63, 3.8) is 0 Å². The Bertz CT molecular complexity index is 666. The Kier molecular flexibility index (Phi) is 6.12. The average molecular weight is 328 g/mol. The fraction of sp³-hybridized carbons (Fsp3) is 0.389. The van der Waals surface area contributed by atoms with Gasteiger partial charge in [0.05, 0.1) is 6.61 Å². The lowest BCUT2D eigenvalue weighted by atomic mass is 9.87. The van der Waals surface area contributed by atoms with Gasteiger partial charge in [-0.2, -0.15) is 0 Å². The molecule has 0 bridgehead atoms. The molecule has 0 atom stereocenters. The van der Waals surface area contributed by atoms with Gasteiger partial charge in [-0.25, -0.2) is 9.97 Å². The molecule has 128 valence electrons. The minimum absolute atomic E-state index is 0.107. The second kappa shape index (κ2) is 8.29. The molecule has 24 heavy (non-hydrogen) atoms. The molecule has 1 aromatic heterocycles. The lowest BCUT2D eigenvalue weighted by molar-refractivity contribution is 0.127. The second-order valence-electron chi connectivity index (χ2n) is 6.38. The van der Waals surface area contributed by atoms with Crippen molar-refractivity contribution in [2.45, 2.75) is 32.6 Å². The van der Waals surface area contributed by atoms with E-state index in [-0.39, 0.29) is 11.3 Å². The van der Waals surface area contributed by atoms with Crippen molar-refractivity contribution in [1.29, 1.82) is 0 Å². The molecule has 0 saturated carbocycles. The van der Waals surface area contributed by atoms with Gasteiger partial charge in [0.15, 0.2) is 5.84 Å². The summed E-state index contributed by atoms with van der Waals surface area (Å²) >= 11 is 0. The summed E-state index contributed by atoms with van der Waals surface area (Å²) in [4.78, 5) is 13.0. The van der Waals surface area contributed by atoms with E-state index in [0.29, 0.717) is 25.3 Å². The van der Waals surface area contributed by atoms with Crippen LogP contribution in [0.2, 0.25) is 0 Å². The zero-order valence-electron chi connectivity index (χ0n) is 14.4. The lowest BCUT2D eigenvalue weighted by Gasteiger charge is -2.19. The Labute approximate surface area is 142 Å². The van der Waals surface area contributed by atoms with Gasteiger partial charge in [0.25, 0.3) is 0 Å². The van der Waals surface area contributed by atoms with Crippen molar-refractivity contribution in [3.8, 4) is 5.75 Å². The molecule has 6 heteroatoms. The van der Waals surface area contributed by atoms with Gasteiger partial charge in [-0.1, -0.05) is 38.1 Å². The van der Waals surface area contributed by atoms with E-state index in [1.54, 1.807) is 12.3 Å². The Hall–Kier alpha value is -2.63. The van der Waals surface area contributed by atoms with Crippen LogP contribution in [0.25, 0.3) is 0 Å². The molecule has 2 N–H and O–H groups in total. The first-order valence-corrected chi connectivity index (χ1v) is 7.92. The summed E-state index contributed by atoms with van der Waals surface area (Å²) in [6.07, 6.45) is 3.72. The Morgan fingerprint density at radius 2 is 2.04 bits per heavy atom. The van der Waals surface area contributed by atoms with Crippen LogP contribution in [0.3, 0.4) is 0 Å². The van der Waals surface area contributed by atoms with E-state index < -0.39 is 0 Å². The van der Waals surface area contributed by atoms with Crippen LogP contribution in [0.4, 0.5) is 0 Å². The molecule has 0 aliphatic rings. The Morgan fingerprint density at radius 1 is 1.21 bits per heavy atom. The molecule has 0 fully saturated rings. The summed E-state index contributed by atoms with van der Waals surface area (Å²) in [6, 6.07) is 9.83. The highest BCUT2D eigenvalue weighted by atomic mass is 16.6. The number of rotatable bonds is 7. The summed E-state index contributed by atoms with van der Waals surface area (Å²) in [6.45, 7) is 7.52. The van der Waals surface area contributed by atoms with Gasteiger partial charge < -0.3 is 15.3 Å². The maximum absolute atomic E-state index is 5.76. The van der Waals surface area contributed by atoms with Crippen LogP contribution in [-0.2, 0) is 10.3 Å². The lowest BCUT2D eigenvalue weighted by Crippen LogP contribution is -2.16. The Morgan fingerprint density at radius 3 is 2.75 bits per heavy atom. The SMILES string of the molecule is CC(C)(C)c1cccc(OCCCO/N=C(\N)c2ccncn2)c1. The number of benzene rings is 1. The van der Waals surface area contributed by atoms with Crippen LogP contribution >= 0.6 is 0 Å². The maximum atomic E-state index is 5.76. The standard InChI is InChI=1S/C18H24N4O2/c1-18(2,3)14-6-4-7-15(12-14)23-10-5-11-24-22-17(19)16-8-9-20-13-21-16/h4,6-9,12-13H,5,10-11H2,1-3H3,(H2,19,22). The second-order valence-corrected chi connectivity index (χ2v) is 6.38. The first kappa shape index (κ1) is 17.7. The van der Waals surface area contributed by atoms with Gasteiger partial charge in [-0.05, 0) is 29.2 Å². The third-order valence-electron chi connectivity index (χ3n) is 3.36. The number of nitrogens with zero attached hydrogens (tertiary/aromatic N) is 3. The number of ether oxygens (including phenoxy) is 1. The van der Waals surface area contributed by atoms with Gasteiger partial charge in [0.2, 0.25) is 0 Å². The minimum Gasteiger partial charge on any atom is -0.493 e. The minimum atomic E-state index is 0.107. The van der Waals surface area contributed by atoms with Crippen LogP contribution in [0.1, 0.15) is 38.4 Å². The van der Waals surface area contributed by atoms with Gasteiger partial charge in [-0.15, -0.1) is 0 Å². The highest BCUT2D eigenvalue weighted by Gasteiger charge is 2.13. The largest absolute Gasteiger partial charge is 0.493 e. The summed E-state index contributed by atoms with van der Waals surface area (Å²) in [7, 11) is 0. The van der Waals surface area contributed by atoms with E-state index in [0.717, 1.165) is 5.75 Å². The van der Waals surface area contributed by atoms with Crippen LogP contribution in [0, 0.1) is 0 Å². The normalized spacial score (nSPS) is 12.0.